The third-order valence-electron chi connectivity index (χ3n) is 7.19. The van der Waals surface area contributed by atoms with E-state index >= 15 is 0 Å². The van der Waals surface area contributed by atoms with Gasteiger partial charge in [-0.05, 0) is 49.9 Å². The third-order valence-corrected chi connectivity index (χ3v) is 7.19. The number of fused-ring (bicyclic) bond motifs is 1. The van der Waals surface area contributed by atoms with E-state index in [4.69, 9.17) is 4.74 Å². The molecule has 1 heterocycles. The summed E-state index contributed by atoms with van der Waals surface area (Å²) in [5.74, 6) is 1.52. The molecule has 2 fully saturated rings. The highest BCUT2D eigenvalue weighted by Crippen LogP contribution is 2.39. The van der Waals surface area contributed by atoms with Crippen LogP contribution >= 0.6 is 0 Å². The van der Waals surface area contributed by atoms with Gasteiger partial charge in [0.1, 0.15) is 0 Å². The Labute approximate surface area is 180 Å². The lowest BCUT2D eigenvalue weighted by Crippen LogP contribution is -2.47. The van der Waals surface area contributed by atoms with Gasteiger partial charge in [0, 0.05) is 38.6 Å². The zero-order valence-electron chi connectivity index (χ0n) is 18.4. The van der Waals surface area contributed by atoms with Crippen LogP contribution in [-0.4, -0.2) is 62.1 Å². The maximum Gasteiger partial charge on any atom is 0.223 e. The first-order chi connectivity index (χ1) is 14.6. The van der Waals surface area contributed by atoms with Crippen LogP contribution in [0, 0.1) is 11.8 Å². The molecule has 1 aliphatic carbocycles. The van der Waals surface area contributed by atoms with Crippen molar-refractivity contribution in [1.82, 2.24) is 9.80 Å². The molecule has 1 saturated heterocycles. The molecular formula is C26H34N2O2. The maximum atomic E-state index is 13.4. The second-order valence-electron chi connectivity index (χ2n) is 9.17. The lowest BCUT2D eigenvalue weighted by Gasteiger charge is -2.40. The molecule has 1 amide bonds. The van der Waals surface area contributed by atoms with Crippen molar-refractivity contribution in [3.63, 3.8) is 0 Å². The van der Waals surface area contributed by atoms with Gasteiger partial charge in [-0.1, -0.05) is 60.7 Å². The SMILES string of the molecule is CO[C@@H]1C[C@H]2CN(C(=O)CC(c3ccccc3)c3ccccc3)C[C@H]2C[C@H]1N(C)C. The Morgan fingerprint density at radius 1 is 0.967 bits per heavy atom. The summed E-state index contributed by atoms with van der Waals surface area (Å²) in [4.78, 5) is 17.8. The highest BCUT2D eigenvalue weighted by molar-refractivity contribution is 5.78. The number of hydrogen-bond donors (Lipinski definition) is 0. The van der Waals surface area contributed by atoms with Crippen molar-refractivity contribution >= 4 is 5.91 Å². The number of hydrogen-bond acceptors (Lipinski definition) is 3. The molecule has 1 aliphatic heterocycles. The van der Waals surface area contributed by atoms with Gasteiger partial charge in [-0.3, -0.25) is 4.79 Å². The van der Waals surface area contributed by atoms with Crippen LogP contribution in [0.1, 0.15) is 36.3 Å². The van der Waals surface area contributed by atoms with E-state index in [2.05, 4.69) is 72.4 Å². The highest BCUT2D eigenvalue weighted by atomic mass is 16.5. The summed E-state index contributed by atoms with van der Waals surface area (Å²) in [7, 11) is 6.10. The molecular weight excluding hydrogens is 372 g/mol. The molecule has 160 valence electrons. The minimum atomic E-state index is 0.101. The minimum Gasteiger partial charge on any atom is -0.380 e. The Morgan fingerprint density at radius 3 is 2.00 bits per heavy atom. The first kappa shape index (κ1) is 21.1. The number of likely N-dealkylation sites (N-methyl/N-ethyl adjacent to an activating group) is 1. The van der Waals surface area contributed by atoms with Gasteiger partial charge in [0.2, 0.25) is 5.91 Å². The minimum absolute atomic E-state index is 0.101. The fourth-order valence-corrected chi connectivity index (χ4v) is 5.49. The molecule has 2 aromatic rings. The van der Waals surface area contributed by atoms with Crippen molar-refractivity contribution < 1.29 is 9.53 Å². The number of rotatable bonds is 6. The largest absolute Gasteiger partial charge is 0.380 e. The van der Waals surface area contributed by atoms with Crippen LogP contribution in [0.4, 0.5) is 0 Å². The highest BCUT2D eigenvalue weighted by Gasteiger charge is 2.44. The van der Waals surface area contributed by atoms with Crippen LogP contribution in [0.5, 0.6) is 0 Å². The number of benzene rings is 2. The van der Waals surface area contributed by atoms with Crippen LogP contribution in [0.3, 0.4) is 0 Å². The van der Waals surface area contributed by atoms with E-state index in [9.17, 15) is 4.79 Å². The monoisotopic (exact) mass is 406 g/mol. The molecule has 30 heavy (non-hydrogen) atoms. The molecule has 4 nitrogen and oxygen atoms in total. The first-order valence-corrected chi connectivity index (χ1v) is 11.1. The van der Waals surface area contributed by atoms with E-state index in [0.717, 1.165) is 25.9 Å². The summed E-state index contributed by atoms with van der Waals surface area (Å²) in [6.07, 6.45) is 2.95. The molecule has 0 aromatic heterocycles. The van der Waals surface area contributed by atoms with E-state index in [1.54, 1.807) is 0 Å². The quantitative estimate of drug-likeness (QED) is 0.726. The second kappa shape index (κ2) is 9.32. The molecule has 4 heteroatoms. The van der Waals surface area contributed by atoms with E-state index in [1.807, 2.05) is 19.2 Å². The number of likely N-dealkylation sites (tertiary alicyclic amines) is 1. The van der Waals surface area contributed by atoms with Crippen LogP contribution < -0.4 is 0 Å². The second-order valence-corrected chi connectivity index (χ2v) is 9.17. The van der Waals surface area contributed by atoms with Gasteiger partial charge in [-0.25, -0.2) is 0 Å². The molecule has 0 N–H and O–H groups in total. The average Bonchev–Trinajstić information content (AvgIpc) is 3.20. The Balaban J connectivity index is 1.48. The molecule has 1 saturated carbocycles. The fourth-order valence-electron chi connectivity index (χ4n) is 5.49. The summed E-state index contributed by atoms with van der Waals surface area (Å²) in [6, 6.07) is 21.3. The Kier molecular flexibility index (Phi) is 6.55. The van der Waals surface area contributed by atoms with Gasteiger partial charge in [0.15, 0.2) is 0 Å². The smallest absolute Gasteiger partial charge is 0.223 e. The van der Waals surface area contributed by atoms with Crippen LogP contribution in [0.25, 0.3) is 0 Å². The lowest BCUT2D eigenvalue weighted by molar-refractivity contribution is -0.130. The van der Waals surface area contributed by atoms with E-state index < -0.39 is 0 Å². The zero-order valence-corrected chi connectivity index (χ0v) is 18.4. The summed E-state index contributed by atoms with van der Waals surface area (Å²) in [5.41, 5.74) is 2.42. The number of nitrogens with zero attached hydrogens (tertiary/aromatic N) is 2. The molecule has 2 aliphatic rings. The van der Waals surface area contributed by atoms with Crippen LogP contribution in [0.15, 0.2) is 60.7 Å². The normalized spacial score (nSPS) is 26.2. The maximum absolute atomic E-state index is 13.4. The van der Waals surface area contributed by atoms with E-state index in [0.29, 0.717) is 24.3 Å². The predicted molar refractivity (Wildman–Crippen MR) is 120 cm³/mol. The fraction of sp³-hybridized carbons (Fsp3) is 0.500. The summed E-state index contributed by atoms with van der Waals surface area (Å²) in [6.45, 7) is 1.76. The van der Waals surface area contributed by atoms with Crippen molar-refractivity contribution in [3.8, 4) is 0 Å². The summed E-state index contributed by atoms with van der Waals surface area (Å²) in [5, 5.41) is 0. The van der Waals surface area contributed by atoms with E-state index in [-0.39, 0.29) is 17.9 Å². The summed E-state index contributed by atoms with van der Waals surface area (Å²) >= 11 is 0. The van der Waals surface area contributed by atoms with Gasteiger partial charge in [0.05, 0.1) is 6.10 Å². The number of ether oxygens (including phenoxy) is 1. The number of amides is 1. The zero-order chi connectivity index (χ0) is 21.1. The first-order valence-electron chi connectivity index (χ1n) is 11.1. The van der Waals surface area contributed by atoms with Crippen molar-refractivity contribution in [3.05, 3.63) is 71.8 Å². The number of carbonyl (C=O) groups excluding carboxylic acids is 1. The Bertz CT molecular complexity index is 784. The van der Waals surface area contributed by atoms with Crippen molar-refractivity contribution in [2.45, 2.75) is 37.3 Å². The lowest BCUT2D eigenvalue weighted by atomic mass is 9.77. The topological polar surface area (TPSA) is 32.8 Å². The van der Waals surface area contributed by atoms with Crippen molar-refractivity contribution in [2.75, 3.05) is 34.3 Å². The van der Waals surface area contributed by atoms with Gasteiger partial charge < -0.3 is 14.5 Å². The molecule has 0 bridgehead atoms. The Hall–Kier alpha value is -2.17. The van der Waals surface area contributed by atoms with Gasteiger partial charge in [-0.15, -0.1) is 0 Å². The van der Waals surface area contributed by atoms with Gasteiger partial charge >= 0.3 is 0 Å². The molecule has 2 aromatic carbocycles. The predicted octanol–water partition coefficient (Wildman–Crippen LogP) is 4.02. The van der Waals surface area contributed by atoms with Crippen LogP contribution in [-0.2, 0) is 9.53 Å². The molecule has 0 spiro atoms. The van der Waals surface area contributed by atoms with Gasteiger partial charge in [0.25, 0.3) is 0 Å². The average molecular weight is 407 g/mol. The van der Waals surface area contributed by atoms with Gasteiger partial charge in [-0.2, -0.15) is 0 Å². The van der Waals surface area contributed by atoms with Crippen molar-refractivity contribution in [1.29, 1.82) is 0 Å². The molecule has 4 atom stereocenters. The standard InChI is InChI=1S/C26H34N2O2/c1-27(2)24-14-21-17-28(18-22(21)15-25(24)30-3)26(29)16-23(19-10-6-4-7-11-19)20-12-8-5-9-13-20/h4-13,21-25H,14-18H2,1-3H3/t21-,22+,24-,25-/m1/s1. The molecule has 0 radical (unpaired) electrons. The molecule has 4 rings (SSSR count). The number of carbonyl (C=O) groups is 1. The number of methoxy groups -OCH3 is 1. The van der Waals surface area contributed by atoms with E-state index in [1.165, 1.54) is 11.1 Å². The third kappa shape index (κ3) is 4.45. The summed E-state index contributed by atoms with van der Waals surface area (Å²) < 4.78 is 5.80. The van der Waals surface area contributed by atoms with Crippen LogP contribution in [0.2, 0.25) is 0 Å². The van der Waals surface area contributed by atoms with Crippen molar-refractivity contribution in [2.24, 2.45) is 11.8 Å². The Morgan fingerprint density at radius 2 is 1.50 bits per heavy atom. The molecule has 0 unspecified atom stereocenters.